The molecular weight excluding hydrogens is 353 g/mol. The molecule has 0 spiro atoms. The predicted molar refractivity (Wildman–Crippen MR) is 74.9 cm³/mol. The number of hydrogen-bond donors (Lipinski definition) is 0. The molecule has 2 atom stereocenters. The van der Waals surface area contributed by atoms with Crippen LogP contribution >= 0.6 is 22.6 Å². The SMILES string of the molecule is [B]C1(C(F)(F)F)C=CC=CC(N2CCC(I)C2)=C1. The van der Waals surface area contributed by atoms with E-state index in [4.69, 9.17) is 7.85 Å². The Bertz CT molecular complexity index is 416. The van der Waals surface area contributed by atoms with Crippen LogP contribution in [0.5, 0.6) is 0 Å². The van der Waals surface area contributed by atoms with Crippen LogP contribution in [0.3, 0.4) is 0 Å². The summed E-state index contributed by atoms with van der Waals surface area (Å²) in [4.78, 5) is 1.95. The van der Waals surface area contributed by atoms with Crippen LogP contribution in [0.15, 0.2) is 36.1 Å². The molecule has 0 aromatic carbocycles. The molecule has 0 aromatic rings. The van der Waals surface area contributed by atoms with Gasteiger partial charge in [0.2, 0.25) is 0 Å². The number of halogens is 4. The molecule has 2 unspecified atom stereocenters. The fraction of sp³-hybridized carbons (Fsp3) is 0.500. The molecule has 18 heavy (non-hydrogen) atoms. The lowest BCUT2D eigenvalue weighted by Crippen LogP contribution is -2.30. The van der Waals surface area contributed by atoms with Gasteiger partial charge in [-0.25, -0.2) is 0 Å². The van der Waals surface area contributed by atoms with Crippen molar-refractivity contribution >= 4 is 30.4 Å². The lowest BCUT2D eigenvalue weighted by molar-refractivity contribution is -0.142. The van der Waals surface area contributed by atoms with E-state index < -0.39 is 11.5 Å². The fourth-order valence-electron chi connectivity index (χ4n) is 2.04. The van der Waals surface area contributed by atoms with E-state index in [1.165, 1.54) is 6.08 Å². The third kappa shape index (κ3) is 2.78. The van der Waals surface area contributed by atoms with E-state index in [1.54, 1.807) is 12.2 Å². The number of alkyl halides is 4. The van der Waals surface area contributed by atoms with E-state index in [0.29, 0.717) is 9.62 Å². The Hall–Kier alpha value is -0.395. The fourth-order valence-corrected chi connectivity index (χ4v) is 2.79. The molecule has 1 nitrogen and oxygen atoms in total. The molecule has 1 heterocycles. The molecule has 2 rings (SSSR count). The molecule has 0 N–H and O–H groups in total. The maximum Gasteiger partial charge on any atom is 0.393 e. The smallest absolute Gasteiger partial charge is 0.371 e. The van der Waals surface area contributed by atoms with Crippen LogP contribution in [-0.4, -0.2) is 35.9 Å². The Morgan fingerprint density at radius 1 is 1.39 bits per heavy atom. The molecule has 0 amide bonds. The maximum absolute atomic E-state index is 13.0. The van der Waals surface area contributed by atoms with Crippen molar-refractivity contribution < 1.29 is 13.2 Å². The molecule has 96 valence electrons. The molecule has 6 heteroatoms. The van der Waals surface area contributed by atoms with E-state index in [0.717, 1.165) is 31.7 Å². The molecule has 1 aliphatic heterocycles. The molecule has 2 radical (unpaired) electrons. The molecular formula is C12H12BF3IN. The molecule has 1 aliphatic carbocycles. The van der Waals surface area contributed by atoms with Crippen molar-refractivity contribution in [2.75, 3.05) is 13.1 Å². The van der Waals surface area contributed by atoms with Crippen LogP contribution < -0.4 is 0 Å². The highest BCUT2D eigenvalue weighted by Gasteiger charge is 2.47. The summed E-state index contributed by atoms with van der Waals surface area (Å²) in [6, 6.07) is 0. The van der Waals surface area contributed by atoms with Gasteiger partial charge in [-0.05, 0) is 12.5 Å². The van der Waals surface area contributed by atoms with Gasteiger partial charge < -0.3 is 4.90 Å². The summed E-state index contributed by atoms with van der Waals surface area (Å²) in [7, 11) is 5.47. The molecule has 2 aliphatic rings. The van der Waals surface area contributed by atoms with Crippen molar-refractivity contribution in [3.05, 3.63) is 36.1 Å². The zero-order valence-corrected chi connectivity index (χ0v) is 11.8. The predicted octanol–water partition coefficient (Wildman–Crippen LogP) is 3.40. The highest BCUT2D eigenvalue weighted by molar-refractivity contribution is 14.1. The van der Waals surface area contributed by atoms with Gasteiger partial charge in [-0.3, -0.25) is 0 Å². The zero-order valence-electron chi connectivity index (χ0n) is 9.62. The normalized spacial score (nSPS) is 32.6. The standard InChI is InChI=1S/C12H12BF3IN/c13-11(12(14,15)16)5-2-1-3-10(7-11)18-6-4-9(17)8-18/h1-3,5,7,9H,4,6,8H2. The van der Waals surface area contributed by atoms with Crippen LogP contribution in [-0.2, 0) is 0 Å². The van der Waals surface area contributed by atoms with Crippen LogP contribution in [0, 0.1) is 0 Å². The highest BCUT2D eigenvalue weighted by Crippen LogP contribution is 2.46. The molecule has 0 saturated carbocycles. The minimum atomic E-state index is -4.48. The largest absolute Gasteiger partial charge is 0.393 e. The van der Waals surface area contributed by atoms with E-state index in [2.05, 4.69) is 22.6 Å². The Labute approximate surface area is 119 Å². The number of nitrogens with zero attached hydrogens (tertiary/aromatic N) is 1. The van der Waals surface area contributed by atoms with Crippen molar-refractivity contribution in [1.29, 1.82) is 0 Å². The molecule has 0 bridgehead atoms. The van der Waals surface area contributed by atoms with Gasteiger partial charge in [-0.15, -0.1) is 0 Å². The van der Waals surface area contributed by atoms with Gasteiger partial charge in [0.25, 0.3) is 0 Å². The van der Waals surface area contributed by atoms with Gasteiger partial charge in [0.1, 0.15) is 0 Å². The average molecular weight is 365 g/mol. The first-order valence-electron chi connectivity index (χ1n) is 5.65. The Kier molecular flexibility index (Phi) is 3.85. The second-order valence-electron chi connectivity index (χ2n) is 4.55. The van der Waals surface area contributed by atoms with Crippen LogP contribution in [0.4, 0.5) is 13.2 Å². The second-order valence-corrected chi connectivity index (χ2v) is 6.31. The first-order valence-corrected chi connectivity index (χ1v) is 6.90. The summed E-state index contributed by atoms with van der Waals surface area (Å²) in [5.74, 6) is 0. The number of hydrogen-bond acceptors (Lipinski definition) is 1. The van der Waals surface area contributed by atoms with E-state index >= 15 is 0 Å². The van der Waals surface area contributed by atoms with Crippen molar-refractivity contribution in [1.82, 2.24) is 4.90 Å². The van der Waals surface area contributed by atoms with Crippen molar-refractivity contribution in [3.8, 4) is 0 Å². The van der Waals surface area contributed by atoms with Crippen molar-refractivity contribution in [3.63, 3.8) is 0 Å². The lowest BCUT2D eigenvalue weighted by atomic mass is 9.67. The second kappa shape index (κ2) is 4.94. The first kappa shape index (κ1) is 14.0. The number of likely N-dealkylation sites (tertiary alicyclic amines) is 1. The zero-order chi connectivity index (χ0) is 13.4. The summed E-state index contributed by atoms with van der Waals surface area (Å²) in [6.45, 7) is 1.54. The molecule has 1 saturated heterocycles. The topological polar surface area (TPSA) is 3.24 Å². The lowest BCUT2D eigenvalue weighted by Gasteiger charge is -2.28. The van der Waals surface area contributed by atoms with Gasteiger partial charge >= 0.3 is 6.18 Å². The summed E-state index contributed by atoms with van der Waals surface area (Å²) >= 11 is 2.32. The van der Waals surface area contributed by atoms with E-state index in [9.17, 15) is 13.2 Å². The number of allylic oxidation sites excluding steroid dienone is 5. The summed E-state index contributed by atoms with van der Waals surface area (Å²) in [5.41, 5.74) is 0.555. The molecule has 1 fully saturated rings. The first-order chi connectivity index (χ1) is 8.32. The minimum absolute atomic E-state index is 0.478. The Morgan fingerprint density at radius 3 is 2.67 bits per heavy atom. The van der Waals surface area contributed by atoms with E-state index in [1.807, 2.05) is 4.90 Å². The maximum atomic E-state index is 13.0. The van der Waals surface area contributed by atoms with Gasteiger partial charge in [0, 0.05) is 22.7 Å². The Morgan fingerprint density at radius 2 is 2.11 bits per heavy atom. The number of rotatable bonds is 1. The van der Waals surface area contributed by atoms with Crippen molar-refractivity contribution in [2.45, 2.75) is 21.8 Å². The quantitative estimate of drug-likeness (QED) is 0.391. The Balaban J connectivity index is 2.30. The van der Waals surface area contributed by atoms with Gasteiger partial charge in [-0.2, -0.15) is 13.2 Å². The summed E-state index contributed by atoms with van der Waals surface area (Å²) in [6.07, 6.45) is 3.26. The third-order valence-electron chi connectivity index (χ3n) is 3.12. The third-order valence-corrected chi connectivity index (χ3v) is 4.14. The van der Waals surface area contributed by atoms with Crippen LogP contribution in [0.1, 0.15) is 6.42 Å². The van der Waals surface area contributed by atoms with Gasteiger partial charge in [0.15, 0.2) is 0 Å². The summed E-state index contributed by atoms with van der Waals surface area (Å²) < 4.78 is 39.4. The monoisotopic (exact) mass is 365 g/mol. The van der Waals surface area contributed by atoms with E-state index in [-0.39, 0.29) is 0 Å². The van der Waals surface area contributed by atoms with Gasteiger partial charge in [-0.1, -0.05) is 46.9 Å². The van der Waals surface area contributed by atoms with Crippen LogP contribution in [0.25, 0.3) is 0 Å². The van der Waals surface area contributed by atoms with Gasteiger partial charge in [0.05, 0.1) is 13.2 Å². The van der Waals surface area contributed by atoms with Crippen LogP contribution in [0.2, 0.25) is 5.31 Å². The average Bonchev–Trinajstić information content (AvgIpc) is 2.57. The van der Waals surface area contributed by atoms with Crippen molar-refractivity contribution in [2.24, 2.45) is 0 Å². The summed E-state index contributed by atoms with van der Waals surface area (Å²) in [5, 5.41) is -2.38. The highest BCUT2D eigenvalue weighted by atomic mass is 127. The molecule has 0 aromatic heterocycles. The minimum Gasteiger partial charge on any atom is -0.371 e.